The third kappa shape index (κ3) is 2.47. The van der Waals surface area contributed by atoms with Gasteiger partial charge in [-0.1, -0.05) is 40.1 Å². The van der Waals surface area contributed by atoms with Gasteiger partial charge in [0.25, 0.3) is 0 Å². The lowest BCUT2D eigenvalue weighted by atomic mass is 10.0. The Morgan fingerprint density at radius 1 is 1.44 bits per heavy atom. The second kappa shape index (κ2) is 4.82. The molecule has 0 radical (unpaired) electrons. The van der Waals surface area contributed by atoms with Gasteiger partial charge in [0.15, 0.2) is 0 Å². The fraction of sp³-hybridized carbons (Fsp3) is 0.385. The Kier molecular flexibility index (Phi) is 3.54. The fourth-order valence-corrected chi connectivity index (χ4v) is 1.83. The third-order valence-corrected chi connectivity index (χ3v) is 3.93. The maximum Gasteiger partial charge on any atom is 0.246 e. The molecule has 0 saturated carbocycles. The van der Waals surface area contributed by atoms with E-state index in [0.717, 1.165) is 16.5 Å². The highest BCUT2D eigenvalue weighted by atomic mass is 79.9. The Hall–Kier alpha value is -1.20. The quantitative estimate of drug-likeness (QED) is 0.943. The molecule has 0 saturated heterocycles. The van der Waals surface area contributed by atoms with Crippen LogP contribution in [0.5, 0.6) is 0 Å². The lowest BCUT2D eigenvalue weighted by Gasteiger charge is -2.16. The molecule has 0 fully saturated rings. The lowest BCUT2D eigenvalue weighted by Crippen LogP contribution is -2.32. The first-order valence-corrected chi connectivity index (χ1v) is 6.63. The summed E-state index contributed by atoms with van der Waals surface area (Å²) in [5, 5.41) is 3.98. The van der Waals surface area contributed by atoms with Gasteiger partial charge in [-0.2, -0.15) is 4.98 Å². The van der Waals surface area contributed by atoms with Crippen LogP contribution in [0.3, 0.4) is 0 Å². The van der Waals surface area contributed by atoms with Crippen molar-refractivity contribution >= 4 is 15.9 Å². The topological polar surface area (TPSA) is 64.9 Å². The number of nitrogens with zero attached hydrogens (tertiary/aromatic N) is 2. The number of aromatic nitrogens is 2. The van der Waals surface area contributed by atoms with Gasteiger partial charge in [-0.3, -0.25) is 0 Å². The van der Waals surface area contributed by atoms with E-state index in [1.807, 2.05) is 39.0 Å². The van der Waals surface area contributed by atoms with Crippen molar-refractivity contribution in [1.82, 2.24) is 10.1 Å². The molecule has 2 N–H and O–H groups in total. The van der Waals surface area contributed by atoms with Crippen molar-refractivity contribution in [2.45, 2.75) is 32.7 Å². The number of aryl methyl sites for hydroxylation is 1. The lowest BCUT2D eigenvalue weighted by molar-refractivity contribution is 0.291. The average Bonchev–Trinajstić information content (AvgIpc) is 2.83. The van der Waals surface area contributed by atoms with Gasteiger partial charge in [-0.05, 0) is 31.9 Å². The summed E-state index contributed by atoms with van der Waals surface area (Å²) in [6.07, 6.45) is 0.742. The van der Waals surface area contributed by atoms with Crippen molar-refractivity contribution in [2.75, 3.05) is 0 Å². The van der Waals surface area contributed by atoms with Gasteiger partial charge in [0.1, 0.15) is 0 Å². The number of hydrogen-bond acceptors (Lipinski definition) is 4. The van der Waals surface area contributed by atoms with Crippen molar-refractivity contribution < 1.29 is 4.52 Å². The van der Waals surface area contributed by atoms with E-state index in [4.69, 9.17) is 10.3 Å². The van der Waals surface area contributed by atoms with Gasteiger partial charge < -0.3 is 10.3 Å². The van der Waals surface area contributed by atoms with Gasteiger partial charge in [-0.15, -0.1) is 0 Å². The Labute approximate surface area is 115 Å². The second-order valence-corrected chi connectivity index (χ2v) is 5.51. The van der Waals surface area contributed by atoms with E-state index in [2.05, 4.69) is 26.1 Å². The highest BCUT2D eigenvalue weighted by molar-refractivity contribution is 9.10. The van der Waals surface area contributed by atoms with Crippen molar-refractivity contribution in [2.24, 2.45) is 5.73 Å². The minimum Gasteiger partial charge on any atom is -0.337 e. The molecule has 0 aliphatic heterocycles. The summed E-state index contributed by atoms with van der Waals surface area (Å²) in [7, 11) is 0. The molecular formula is C13H16BrN3O. The predicted octanol–water partition coefficient (Wildman–Crippen LogP) is 3.39. The molecule has 1 aromatic carbocycles. The molecule has 0 aliphatic carbocycles. The Morgan fingerprint density at radius 2 is 2.17 bits per heavy atom. The SMILES string of the molecule is CCC(C)(N)c1nc(-c2ccc(C)c(Br)c2)no1. The van der Waals surface area contributed by atoms with Crippen LogP contribution in [-0.4, -0.2) is 10.1 Å². The molecule has 96 valence electrons. The van der Waals surface area contributed by atoms with E-state index in [0.29, 0.717) is 11.7 Å². The van der Waals surface area contributed by atoms with Crippen LogP contribution >= 0.6 is 15.9 Å². The summed E-state index contributed by atoms with van der Waals surface area (Å²) >= 11 is 3.49. The van der Waals surface area contributed by atoms with Crippen molar-refractivity contribution in [1.29, 1.82) is 0 Å². The molecule has 1 aromatic heterocycles. The zero-order valence-electron chi connectivity index (χ0n) is 10.7. The molecule has 5 heteroatoms. The van der Waals surface area contributed by atoms with E-state index < -0.39 is 5.54 Å². The Balaban J connectivity index is 2.38. The summed E-state index contributed by atoms with van der Waals surface area (Å²) in [6.45, 7) is 5.91. The summed E-state index contributed by atoms with van der Waals surface area (Å²) in [6, 6.07) is 5.95. The number of rotatable bonds is 3. The fourth-order valence-electron chi connectivity index (χ4n) is 1.46. The maximum absolute atomic E-state index is 6.08. The molecule has 2 rings (SSSR count). The van der Waals surface area contributed by atoms with E-state index in [1.165, 1.54) is 5.56 Å². The molecular weight excluding hydrogens is 294 g/mol. The molecule has 1 atom stereocenters. The van der Waals surface area contributed by atoms with Crippen molar-refractivity contribution in [3.05, 3.63) is 34.1 Å². The molecule has 18 heavy (non-hydrogen) atoms. The molecule has 4 nitrogen and oxygen atoms in total. The van der Waals surface area contributed by atoms with Gasteiger partial charge in [-0.25, -0.2) is 0 Å². The summed E-state index contributed by atoms with van der Waals surface area (Å²) in [4.78, 5) is 4.37. The van der Waals surface area contributed by atoms with E-state index >= 15 is 0 Å². The van der Waals surface area contributed by atoms with Gasteiger partial charge in [0, 0.05) is 10.0 Å². The summed E-state index contributed by atoms with van der Waals surface area (Å²) in [5.41, 5.74) is 7.58. The minimum absolute atomic E-state index is 0.469. The Bertz CT molecular complexity index is 563. The largest absolute Gasteiger partial charge is 0.337 e. The minimum atomic E-state index is -0.576. The molecule has 1 heterocycles. The zero-order valence-corrected chi connectivity index (χ0v) is 12.3. The first kappa shape index (κ1) is 13.2. The first-order valence-electron chi connectivity index (χ1n) is 5.83. The van der Waals surface area contributed by atoms with Crippen LogP contribution < -0.4 is 5.73 Å². The number of halogens is 1. The molecule has 1 unspecified atom stereocenters. The van der Waals surface area contributed by atoms with Crippen LogP contribution in [-0.2, 0) is 5.54 Å². The molecule has 0 bridgehead atoms. The van der Waals surface area contributed by atoms with Crippen LogP contribution in [0, 0.1) is 6.92 Å². The van der Waals surface area contributed by atoms with Gasteiger partial charge >= 0.3 is 0 Å². The molecule has 2 aromatic rings. The summed E-state index contributed by atoms with van der Waals surface area (Å²) in [5.74, 6) is 1.03. The average molecular weight is 310 g/mol. The van der Waals surface area contributed by atoms with Crippen molar-refractivity contribution in [3.8, 4) is 11.4 Å². The standard InChI is InChI=1S/C13H16BrN3O/c1-4-13(3,15)12-16-11(17-18-12)9-6-5-8(2)10(14)7-9/h5-7H,4,15H2,1-3H3. The van der Waals surface area contributed by atoms with Crippen LogP contribution in [0.2, 0.25) is 0 Å². The van der Waals surface area contributed by atoms with Crippen LogP contribution in [0.25, 0.3) is 11.4 Å². The second-order valence-electron chi connectivity index (χ2n) is 4.66. The van der Waals surface area contributed by atoms with E-state index in [1.54, 1.807) is 0 Å². The van der Waals surface area contributed by atoms with Crippen LogP contribution in [0.1, 0.15) is 31.7 Å². The van der Waals surface area contributed by atoms with E-state index in [-0.39, 0.29) is 0 Å². The molecule has 0 spiro atoms. The molecule has 0 aliphatic rings. The van der Waals surface area contributed by atoms with Gasteiger partial charge in [0.05, 0.1) is 5.54 Å². The smallest absolute Gasteiger partial charge is 0.246 e. The highest BCUT2D eigenvalue weighted by Gasteiger charge is 2.26. The highest BCUT2D eigenvalue weighted by Crippen LogP contribution is 2.26. The summed E-state index contributed by atoms with van der Waals surface area (Å²) < 4.78 is 6.27. The third-order valence-electron chi connectivity index (χ3n) is 3.08. The number of benzene rings is 1. The van der Waals surface area contributed by atoms with Crippen molar-refractivity contribution in [3.63, 3.8) is 0 Å². The first-order chi connectivity index (χ1) is 8.44. The Morgan fingerprint density at radius 3 is 2.78 bits per heavy atom. The predicted molar refractivity (Wildman–Crippen MR) is 74.0 cm³/mol. The monoisotopic (exact) mass is 309 g/mol. The van der Waals surface area contributed by atoms with E-state index in [9.17, 15) is 0 Å². The van der Waals surface area contributed by atoms with Crippen LogP contribution in [0.15, 0.2) is 27.2 Å². The molecule has 0 amide bonds. The maximum atomic E-state index is 6.08. The number of nitrogens with two attached hydrogens (primary N) is 1. The number of hydrogen-bond donors (Lipinski definition) is 1. The zero-order chi connectivity index (χ0) is 13.3. The normalized spacial score (nSPS) is 14.5. The van der Waals surface area contributed by atoms with Crippen LogP contribution in [0.4, 0.5) is 0 Å². The van der Waals surface area contributed by atoms with Gasteiger partial charge in [0.2, 0.25) is 11.7 Å².